The molecule has 4 rings (SSSR count). The van der Waals surface area contributed by atoms with E-state index in [0.29, 0.717) is 18.9 Å². The lowest BCUT2D eigenvalue weighted by molar-refractivity contribution is -0.121. The number of benzene rings is 1. The Labute approximate surface area is 149 Å². The van der Waals surface area contributed by atoms with Crippen LogP contribution in [-0.4, -0.2) is 41.8 Å². The minimum atomic E-state index is -0.00698. The molecule has 1 aromatic rings. The summed E-state index contributed by atoms with van der Waals surface area (Å²) in [4.78, 5) is 13.8. The molecular formula is C20H27N3O2. The van der Waals surface area contributed by atoms with Crippen molar-refractivity contribution in [3.63, 3.8) is 0 Å². The Balaban J connectivity index is 1.32. The van der Waals surface area contributed by atoms with E-state index in [1.165, 1.54) is 38.6 Å². The smallest absolute Gasteiger partial charge is 0.240 e. The van der Waals surface area contributed by atoms with Crippen LogP contribution in [0.2, 0.25) is 0 Å². The van der Waals surface area contributed by atoms with Gasteiger partial charge in [0.05, 0.1) is 5.71 Å². The van der Waals surface area contributed by atoms with Crippen LogP contribution in [0.1, 0.15) is 56.9 Å². The maximum Gasteiger partial charge on any atom is 0.240 e. The Morgan fingerprint density at radius 2 is 1.84 bits per heavy atom. The molecule has 1 amide bonds. The maximum atomic E-state index is 11.2. The highest BCUT2D eigenvalue weighted by atomic mass is 16.5. The zero-order valence-corrected chi connectivity index (χ0v) is 14.7. The summed E-state index contributed by atoms with van der Waals surface area (Å²) in [6, 6.07) is 8.91. The third kappa shape index (κ3) is 4.03. The average molecular weight is 341 g/mol. The molecule has 1 unspecified atom stereocenters. The summed E-state index contributed by atoms with van der Waals surface area (Å²) < 4.78 is 6.20. The van der Waals surface area contributed by atoms with Crippen molar-refractivity contribution in [3.8, 4) is 5.75 Å². The highest BCUT2D eigenvalue weighted by Gasteiger charge is 2.30. The van der Waals surface area contributed by atoms with Crippen LogP contribution < -0.4 is 10.2 Å². The summed E-state index contributed by atoms with van der Waals surface area (Å²) in [7, 11) is 0. The van der Waals surface area contributed by atoms with E-state index in [9.17, 15) is 4.79 Å². The van der Waals surface area contributed by atoms with E-state index < -0.39 is 0 Å². The van der Waals surface area contributed by atoms with Crippen molar-refractivity contribution in [2.75, 3.05) is 13.1 Å². The third-order valence-corrected chi connectivity index (χ3v) is 5.66. The molecule has 0 bridgehead atoms. The van der Waals surface area contributed by atoms with Gasteiger partial charge in [-0.3, -0.25) is 9.69 Å². The Hall–Kier alpha value is -1.88. The van der Waals surface area contributed by atoms with Gasteiger partial charge in [-0.2, -0.15) is 5.10 Å². The normalized spacial score (nSPS) is 25.5. The fourth-order valence-corrected chi connectivity index (χ4v) is 4.23. The second-order valence-electron chi connectivity index (χ2n) is 7.43. The first-order valence-electron chi connectivity index (χ1n) is 9.64. The van der Waals surface area contributed by atoms with Crippen molar-refractivity contribution in [1.82, 2.24) is 10.3 Å². The second kappa shape index (κ2) is 7.56. The highest BCUT2D eigenvalue weighted by molar-refractivity contribution is 6.04. The minimum absolute atomic E-state index is 0.00698. The summed E-state index contributed by atoms with van der Waals surface area (Å²) in [5, 5.41) is 4.14. The van der Waals surface area contributed by atoms with Crippen molar-refractivity contribution < 1.29 is 9.53 Å². The number of carbonyl (C=O) groups is 1. The predicted octanol–water partition coefficient (Wildman–Crippen LogP) is 3.09. The van der Waals surface area contributed by atoms with Gasteiger partial charge in [0.25, 0.3) is 0 Å². The van der Waals surface area contributed by atoms with Gasteiger partial charge >= 0.3 is 0 Å². The van der Waals surface area contributed by atoms with E-state index in [2.05, 4.69) is 15.4 Å². The maximum absolute atomic E-state index is 11.2. The fraction of sp³-hybridized carbons (Fsp3) is 0.600. The lowest BCUT2D eigenvalue weighted by Gasteiger charge is -2.30. The van der Waals surface area contributed by atoms with Gasteiger partial charge in [-0.15, -0.1) is 0 Å². The molecule has 3 aliphatic rings. The number of ether oxygens (including phenoxy) is 1. The molecular weight excluding hydrogens is 314 g/mol. The molecule has 2 heterocycles. The first kappa shape index (κ1) is 16.6. The standard InChI is InChI=1S/C20H27N3O2/c24-20-11-10-19(21-22-20)15-6-8-17(9-7-15)25-18-12-13-23(14-18)16-4-2-1-3-5-16/h6-9,16,18H,1-5,10-14H2,(H,22,24). The quantitative estimate of drug-likeness (QED) is 0.916. The molecule has 1 aromatic carbocycles. The van der Waals surface area contributed by atoms with Crippen LogP contribution in [0.25, 0.3) is 0 Å². The van der Waals surface area contributed by atoms with E-state index >= 15 is 0 Å². The Bertz CT molecular complexity index is 635. The molecule has 134 valence electrons. The molecule has 0 radical (unpaired) electrons. The fourth-order valence-electron chi connectivity index (χ4n) is 4.23. The topological polar surface area (TPSA) is 53.9 Å². The SMILES string of the molecule is O=C1CCC(c2ccc(OC3CCN(C4CCCCC4)C3)cc2)=NN1. The van der Waals surface area contributed by atoms with E-state index in [1.54, 1.807) is 0 Å². The molecule has 2 fully saturated rings. The third-order valence-electron chi connectivity index (χ3n) is 5.66. The molecule has 5 nitrogen and oxygen atoms in total. The molecule has 1 atom stereocenters. The summed E-state index contributed by atoms with van der Waals surface area (Å²) in [5.74, 6) is 0.923. The predicted molar refractivity (Wildman–Crippen MR) is 97.8 cm³/mol. The van der Waals surface area contributed by atoms with Gasteiger partial charge in [0.2, 0.25) is 5.91 Å². The number of carbonyl (C=O) groups excluding carboxylic acids is 1. The van der Waals surface area contributed by atoms with Gasteiger partial charge in [0.15, 0.2) is 0 Å². The van der Waals surface area contributed by atoms with Gasteiger partial charge in [-0.05, 0) is 49.1 Å². The first-order chi connectivity index (χ1) is 12.3. The molecule has 1 aliphatic carbocycles. The molecule has 25 heavy (non-hydrogen) atoms. The highest BCUT2D eigenvalue weighted by Crippen LogP contribution is 2.27. The van der Waals surface area contributed by atoms with Crippen molar-refractivity contribution >= 4 is 11.6 Å². The van der Waals surface area contributed by atoms with E-state index in [1.807, 2.05) is 24.3 Å². The molecule has 0 spiro atoms. The van der Waals surface area contributed by atoms with Crippen molar-refractivity contribution in [3.05, 3.63) is 29.8 Å². The van der Waals surface area contributed by atoms with Crippen LogP contribution in [0, 0.1) is 0 Å². The van der Waals surface area contributed by atoms with Crippen molar-refractivity contribution in [2.24, 2.45) is 5.10 Å². The molecule has 2 aliphatic heterocycles. The van der Waals surface area contributed by atoms with Crippen LogP contribution in [-0.2, 0) is 4.79 Å². The number of likely N-dealkylation sites (tertiary alicyclic amines) is 1. The van der Waals surface area contributed by atoms with Gasteiger partial charge in [0, 0.05) is 32.0 Å². The zero-order chi connectivity index (χ0) is 17.1. The number of amides is 1. The summed E-state index contributed by atoms with van der Waals surface area (Å²) in [6.07, 6.45) is 9.54. The summed E-state index contributed by atoms with van der Waals surface area (Å²) >= 11 is 0. The van der Waals surface area contributed by atoms with Gasteiger partial charge in [0.1, 0.15) is 11.9 Å². The number of hydrogen-bond acceptors (Lipinski definition) is 4. The Morgan fingerprint density at radius 1 is 1.04 bits per heavy atom. The lowest BCUT2D eigenvalue weighted by atomic mass is 9.94. The Morgan fingerprint density at radius 3 is 2.56 bits per heavy atom. The molecule has 0 aromatic heterocycles. The van der Waals surface area contributed by atoms with Crippen molar-refractivity contribution in [2.45, 2.75) is 63.5 Å². The number of hydrazone groups is 1. The van der Waals surface area contributed by atoms with Crippen molar-refractivity contribution in [1.29, 1.82) is 0 Å². The monoisotopic (exact) mass is 341 g/mol. The van der Waals surface area contributed by atoms with Crippen LogP contribution in [0.4, 0.5) is 0 Å². The molecule has 1 N–H and O–H groups in total. The van der Waals surface area contributed by atoms with Gasteiger partial charge < -0.3 is 4.74 Å². The van der Waals surface area contributed by atoms with E-state index in [-0.39, 0.29) is 5.91 Å². The van der Waals surface area contributed by atoms with Crippen LogP contribution in [0.15, 0.2) is 29.4 Å². The minimum Gasteiger partial charge on any atom is -0.489 e. The van der Waals surface area contributed by atoms with Gasteiger partial charge in [-0.1, -0.05) is 19.3 Å². The number of hydrogen-bond donors (Lipinski definition) is 1. The lowest BCUT2D eigenvalue weighted by Crippen LogP contribution is -2.36. The van der Waals surface area contributed by atoms with E-state index in [0.717, 1.165) is 36.0 Å². The molecule has 1 saturated heterocycles. The van der Waals surface area contributed by atoms with Crippen LogP contribution in [0.3, 0.4) is 0 Å². The molecule has 1 saturated carbocycles. The average Bonchev–Trinajstić information content (AvgIpc) is 3.12. The molecule has 5 heteroatoms. The summed E-state index contributed by atoms with van der Waals surface area (Å²) in [6.45, 7) is 2.23. The van der Waals surface area contributed by atoms with Gasteiger partial charge in [-0.25, -0.2) is 5.43 Å². The van der Waals surface area contributed by atoms with Crippen LogP contribution in [0.5, 0.6) is 5.75 Å². The Kier molecular flexibility index (Phi) is 5.02. The largest absolute Gasteiger partial charge is 0.489 e. The summed E-state index contributed by atoms with van der Waals surface area (Å²) in [5.41, 5.74) is 4.55. The number of nitrogens with one attached hydrogen (secondary N) is 1. The zero-order valence-electron chi connectivity index (χ0n) is 14.7. The number of nitrogens with zero attached hydrogens (tertiary/aromatic N) is 2. The first-order valence-corrected chi connectivity index (χ1v) is 9.64. The number of rotatable bonds is 4. The van der Waals surface area contributed by atoms with E-state index in [4.69, 9.17) is 4.74 Å². The van der Waals surface area contributed by atoms with Crippen LogP contribution >= 0.6 is 0 Å². The second-order valence-corrected chi connectivity index (χ2v) is 7.43.